The molecular formula is C16H34N4O3S. The van der Waals surface area contributed by atoms with Crippen molar-refractivity contribution in [1.29, 1.82) is 0 Å². The molecule has 2 N–H and O–H groups in total. The van der Waals surface area contributed by atoms with E-state index in [2.05, 4.69) is 15.6 Å². The van der Waals surface area contributed by atoms with Crippen molar-refractivity contribution < 1.29 is 13.2 Å². The number of likely N-dealkylation sites (N-methyl/N-ethyl adjacent to an activating group) is 1. The summed E-state index contributed by atoms with van der Waals surface area (Å²) in [6.45, 7) is 10.6. The standard InChI is InChI=1S/C16H34N4O3S/c1-15(2,3)19-13(21)11-20(7)14(17-6)18-12-16(4,5)9-10-24(8,22)23/h9-12H2,1-8H3,(H,17,18)(H,19,21). The Hall–Kier alpha value is -1.31. The molecule has 0 spiro atoms. The van der Waals surface area contributed by atoms with Crippen LogP contribution in [-0.2, 0) is 14.6 Å². The van der Waals surface area contributed by atoms with Crippen LogP contribution in [0.3, 0.4) is 0 Å². The van der Waals surface area contributed by atoms with Crippen LogP contribution in [0.5, 0.6) is 0 Å². The maximum Gasteiger partial charge on any atom is 0.240 e. The van der Waals surface area contributed by atoms with E-state index in [1.165, 1.54) is 6.26 Å². The molecule has 0 saturated heterocycles. The third-order valence-electron chi connectivity index (χ3n) is 3.34. The van der Waals surface area contributed by atoms with Gasteiger partial charge in [0.05, 0.1) is 12.3 Å². The summed E-state index contributed by atoms with van der Waals surface area (Å²) in [5, 5.41) is 6.12. The second kappa shape index (κ2) is 8.69. The van der Waals surface area contributed by atoms with Gasteiger partial charge < -0.3 is 15.5 Å². The van der Waals surface area contributed by atoms with Gasteiger partial charge in [-0.05, 0) is 32.6 Å². The highest BCUT2D eigenvalue weighted by Crippen LogP contribution is 2.19. The van der Waals surface area contributed by atoms with Crippen molar-refractivity contribution in [1.82, 2.24) is 15.5 Å². The zero-order chi connectivity index (χ0) is 19.2. The minimum atomic E-state index is -2.97. The Labute approximate surface area is 147 Å². The summed E-state index contributed by atoms with van der Waals surface area (Å²) < 4.78 is 22.6. The van der Waals surface area contributed by atoms with Crippen LogP contribution in [0.1, 0.15) is 41.0 Å². The molecule has 0 fully saturated rings. The number of hydrogen-bond acceptors (Lipinski definition) is 4. The van der Waals surface area contributed by atoms with Gasteiger partial charge in [-0.3, -0.25) is 9.79 Å². The van der Waals surface area contributed by atoms with Gasteiger partial charge in [-0.15, -0.1) is 0 Å². The first kappa shape index (κ1) is 22.7. The number of aliphatic imine (C=N–C) groups is 1. The summed E-state index contributed by atoms with van der Waals surface area (Å²) in [7, 11) is 0.477. The number of carbonyl (C=O) groups excluding carboxylic acids is 1. The van der Waals surface area contributed by atoms with Gasteiger partial charge in [-0.1, -0.05) is 13.8 Å². The Morgan fingerprint density at radius 1 is 1.17 bits per heavy atom. The van der Waals surface area contributed by atoms with Crippen molar-refractivity contribution in [3.05, 3.63) is 0 Å². The van der Waals surface area contributed by atoms with Crippen LogP contribution in [-0.4, -0.2) is 69.9 Å². The molecule has 0 aromatic carbocycles. The highest BCUT2D eigenvalue weighted by molar-refractivity contribution is 7.90. The van der Waals surface area contributed by atoms with E-state index in [1.807, 2.05) is 34.6 Å². The smallest absolute Gasteiger partial charge is 0.240 e. The molecule has 0 saturated carbocycles. The van der Waals surface area contributed by atoms with Gasteiger partial charge in [-0.2, -0.15) is 0 Å². The van der Waals surface area contributed by atoms with Gasteiger partial charge in [0.1, 0.15) is 9.84 Å². The molecule has 7 nitrogen and oxygen atoms in total. The molecule has 1 amide bonds. The summed E-state index contributed by atoms with van der Waals surface area (Å²) in [5.41, 5.74) is -0.476. The van der Waals surface area contributed by atoms with Crippen LogP contribution < -0.4 is 10.6 Å². The van der Waals surface area contributed by atoms with E-state index in [0.29, 0.717) is 18.9 Å². The van der Waals surface area contributed by atoms with Crippen molar-refractivity contribution >= 4 is 21.7 Å². The topological polar surface area (TPSA) is 90.9 Å². The lowest BCUT2D eigenvalue weighted by Crippen LogP contribution is -2.49. The molecule has 0 unspecified atom stereocenters. The average Bonchev–Trinajstić information content (AvgIpc) is 2.34. The second-order valence-corrected chi connectivity index (χ2v) is 10.4. The van der Waals surface area contributed by atoms with E-state index >= 15 is 0 Å². The van der Waals surface area contributed by atoms with Crippen molar-refractivity contribution in [2.45, 2.75) is 46.6 Å². The van der Waals surface area contributed by atoms with Gasteiger partial charge in [0.25, 0.3) is 0 Å². The van der Waals surface area contributed by atoms with Crippen molar-refractivity contribution in [2.24, 2.45) is 10.4 Å². The monoisotopic (exact) mass is 362 g/mol. The lowest BCUT2D eigenvalue weighted by molar-refractivity contribution is -0.122. The van der Waals surface area contributed by atoms with E-state index in [4.69, 9.17) is 0 Å². The molecule has 0 aromatic heterocycles. The SMILES string of the molecule is CN=C(NCC(C)(C)CCS(C)(=O)=O)N(C)CC(=O)NC(C)(C)C. The third-order valence-corrected chi connectivity index (χ3v) is 4.29. The molecule has 0 rings (SSSR count). The number of sulfone groups is 1. The first-order chi connectivity index (χ1) is 10.7. The molecule has 0 bridgehead atoms. The minimum Gasteiger partial charge on any atom is -0.356 e. The number of nitrogens with zero attached hydrogens (tertiary/aromatic N) is 2. The van der Waals surface area contributed by atoms with Crippen LogP contribution in [0.2, 0.25) is 0 Å². The van der Waals surface area contributed by atoms with Crippen molar-refractivity contribution in [3.63, 3.8) is 0 Å². The van der Waals surface area contributed by atoms with Crippen LogP contribution >= 0.6 is 0 Å². The Morgan fingerprint density at radius 2 is 1.71 bits per heavy atom. The summed E-state index contributed by atoms with van der Waals surface area (Å²) in [6, 6.07) is 0. The Balaban J connectivity index is 4.57. The zero-order valence-corrected chi connectivity index (χ0v) is 17.2. The highest BCUT2D eigenvalue weighted by Gasteiger charge is 2.22. The van der Waals surface area contributed by atoms with E-state index in [1.54, 1.807) is 19.0 Å². The highest BCUT2D eigenvalue weighted by atomic mass is 32.2. The second-order valence-electron chi connectivity index (χ2n) is 8.10. The summed E-state index contributed by atoms with van der Waals surface area (Å²) in [5.74, 6) is 0.681. The van der Waals surface area contributed by atoms with E-state index in [0.717, 1.165) is 0 Å². The molecular weight excluding hydrogens is 328 g/mol. The fourth-order valence-corrected chi connectivity index (χ4v) is 2.92. The van der Waals surface area contributed by atoms with E-state index in [9.17, 15) is 13.2 Å². The molecule has 8 heteroatoms. The molecule has 0 heterocycles. The quantitative estimate of drug-likeness (QED) is 0.518. The lowest BCUT2D eigenvalue weighted by Gasteiger charge is -2.29. The fourth-order valence-electron chi connectivity index (χ4n) is 2.00. The zero-order valence-electron chi connectivity index (χ0n) is 16.4. The lowest BCUT2D eigenvalue weighted by atomic mass is 9.90. The average molecular weight is 363 g/mol. The van der Waals surface area contributed by atoms with E-state index < -0.39 is 9.84 Å². The number of nitrogens with one attached hydrogen (secondary N) is 2. The number of rotatable bonds is 7. The number of guanidine groups is 1. The molecule has 24 heavy (non-hydrogen) atoms. The first-order valence-corrected chi connectivity index (χ1v) is 10.1. The molecule has 0 aliphatic carbocycles. The van der Waals surface area contributed by atoms with Gasteiger partial charge in [-0.25, -0.2) is 8.42 Å². The van der Waals surface area contributed by atoms with Gasteiger partial charge >= 0.3 is 0 Å². The number of carbonyl (C=O) groups is 1. The predicted molar refractivity (Wildman–Crippen MR) is 100.0 cm³/mol. The molecule has 0 atom stereocenters. The Kier molecular flexibility index (Phi) is 8.21. The van der Waals surface area contributed by atoms with Crippen LogP contribution in [0.4, 0.5) is 0 Å². The molecule has 0 aromatic rings. The van der Waals surface area contributed by atoms with Crippen molar-refractivity contribution in [2.75, 3.05) is 39.2 Å². The summed E-state index contributed by atoms with van der Waals surface area (Å²) >= 11 is 0. The van der Waals surface area contributed by atoms with Crippen LogP contribution in [0.15, 0.2) is 4.99 Å². The number of hydrogen-bond donors (Lipinski definition) is 2. The molecule has 142 valence electrons. The van der Waals surface area contributed by atoms with E-state index in [-0.39, 0.29) is 29.2 Å². The molecule has 0 radical (unpaired) electrons. The fraction of sp³-hybridized carbons (Fsp3) is 0.875. The third kappa shape index (κ3) is 11.3. The number of amides is 1. The molecule has 0 aliphatic heterocycles. The van der Waals surface area contributed by atoms with Gasteiger partial charge in [0.2, 0.25) is 5.91 Å². The van der Waals surface area contributed by atoms with Crippen molar-refractivity contribution in [3.8, 4) is 0 Å². The normalized spacial score (nSPS) is 13.6. The van der Waals surface area contributed by atoms with Crippen LogP contribution in [0.25, 0.3) is 0 Å². The van der Waals surface area contributed by atoms with Gasteiger partial charge in [0, 0.05) is 32.4 Å². The predicted octanol–water partition coefficient (Wildman–Crippen LogP) is 0.869. The Morgan fingerprint density at radius 3 is 2.12 bits per heavy atom. The Bertz CT molecular complexity index is 548. The minimum absolute atomic E-state index is 0.0794. The molecule has 0 aliphatic rings. The summed E-state index contributed by atoms with van der Waals surface area (Å²) in [6.07, 6.45) is 1.81. The maximum absolute atomic E-state index is 12.0. The maximum atomic E-state index is 12.0. The summed E-state index contributed by atoms with van der Waals surface area (Å²) in [4.78, 5) is 17.9. The largest absolute Gasteiger partial charge is 0.356 e. The first-order valence-electron chi connectivity index (χ1n) is 8.06. The van der Waals surface area contributed by atoms with Crippen LogP contribution in [0, 0.1) is 5.41 Å². The van der Waals surface area contributed by atoms with Gasteiger partial charge in [0.15, 0.2) is 5.96 Å².